The normalized spacial score (nSPS) is 10.7. The molecule has 1 N–H and O–H groups in total. The van der Waals surface area contributed by atoms with Gasteiger partial charge < -0.3 is 15.0 Å². The Bertz CT molecular complexity index is 969. The Morgan fingerprint density at radius 3 is 2.70 bits per heavy atom. The summed E-state index contributed by atoms with van der Waals surface area (Å²) in [6.07, 6.45) is 1.29. The summed E-state index contributed by atoms with van der Waals surface area (Å²) in [5.41, 5.74) is 4.62. The zero-order valence-electron chi connectivity index (χ0n) is 16.2. The van der Waals surface area contributed by atoms with Crippen molar-refractivity contribution in [2.24, 2.45) is 0 Å². The Kier molecular flexibility index (Phi) is 5.60. The van der Waals surface area contributed by atoms with Crippen molar-refractivity contribution in [3.8, 4) is 5.75 Å². The molecule has 0 atom stereocenters. The van der Waals surface area contributed by atoms with Crippen molar-refractivity contribution >= 4 is 33.9 Å². The van der Waals surface area contributed by atoms with E-state index >= 15 is 0 Å². The molecule has 0 bridgehead atoms. The molecule has 0 saturated carbocycles. The van der Waals surface area contributed by atoms with Crippen molar-refractivity contribution in [3.63, 3.8) is 0 Å². The van der Waals surface area contributed by atoms with Crippen molar-refractivity contribution in [3.05, 3.63) is 54.2 Å². The lowest BCUT2D eigenvalue weighted by Gasteiger charge is -2.23. The standard InChI is InChI=1S/C22H25N3O2/c1-5-8-22(26)24-19-14-16(11-12-21(19)27-4)25(3)20-13-15(2)23-18-10-7-6-9-17(18)20/h6-7,9-14H,5,8H2,1-4H3,(H,24,26). The SMILES string of the molecule is CCCC(=O)Nc1cc(N(C)c2cc(C)nc3ccccc23)ccc1OC. The molecule has 0 aliphatic rings. The molecule has 1 aromatic heterocycles. The Balaban J connectivity index is 2.02. The molecular formula is C22H25N3O2. The summed E-state index contributed by atoms with van der Waals surface area (Å²) < 4.78 is 5.41. The highest BCUT2D eigenvalue weighted by Crippen LogP contribution is 2.35. The summed E-state index contributed by atoms with van der Waals surface area (Å²) in [6.45, 7) is 3.98. The molecule has 0 spiro atoms. The van der Waals surface area contributed by atoms with E-state index in [-0.39, 0.29) is 5.91 Å². The highest BCUT2D eigenvalue weighted by atomic mass is 16.5. The van der Waals surface area contributed by atoms with Gasteiger partial charge in [-0.05, 0) is 43.7 Å². The van der Waals surface area contributed by atoms with E-state index in [2.05, 4.69) is 27.3 Å². The van der Waals surface area contributed by atoms with Crippen LogP contribution in [0.3, 0.4) is 0 Å². The lowest BCUT2D eigenvalue weighted by atomic mass is 10.1. The first-order chi connectivity index (χ1) is 13.0. The van der Waals surface area contributed by atoms with Crippen LogP contribution < -0.4 is 15.0 Å². The van der Waals surface area contributed by atoms with Gasteiger partial charge in [0, 0.05) is 30.2 Å². The van der Waals surface area contributed by atoms with Crippen molar-refractivity contribution in [1.29, 1.82) is 0 Å². The van der Waals surface area contributed by atoms with Crippen LogP contribution in [0.2, 0.25) is 0 Å². The zero-order valence-corrected chi connectivity index (χ0v) is 16.2. The van der Waals surface area contributed by atoms with Gasteiger partial charge in [0.25, 0.3) is 0 Å². The lowest BCUT2D eigenvalue weighted by Crippen LogP contribution is -2.14. The summed E-state index contributed by atoms with van der Waals surface area (Å²) in [6, 6.07) is 16.0. The summed E-state index contributed by atoms with van der Waals surface area (Å²) in [5, 5.41) is 4.04. The van der Waals surface area contributed by atoms with Crippen LogP contribution in [0.15, 0.2) is 48.5 Å². The number of anilines is 3. The topological polar surface area (TPSA) is 54.5 Å². The van der Waals surface area contributed by atoms with Crippen molar-refractivity contribution in [2.75, 3.05) is 24.4 Å². The molecule has 0 aliphatic heterocycles. The number of methoxy groups -OCH3 is 1. The first-order valence-electron chi connectivity index (χ1n) is 9.11. The summed E-state index contributed by atoms with van der Waals surface area (Å²) in [4.78, 5) is 18.8. The molecule has 5 nitrogen and oxygen atoms in total. The number of benzene rings is 2. The van der Waals surface area contributed by atoms with Crippen molar-refractivity contribution in [2.45, 2.75) is 26.7 Å². The van der Waals surface area contributed by atoms with Crippen molar-refractivity contribution < 1.29 is 9.53 Å². The van der Waals surface area contributed by atoms with Crippen LogP contribution in [-0.4, -0.2) is 25.0 Å². The van der Waals surface area contributed by atoms with E-state index < -0.39 is 0 Å². The minimum Gasteiger partial charge on any atom is -0.495 e. The number of fused-ring (bicyclic) bond motifs is 1. The molecule has 3 aromatic rings. The Labute approximate surface area is 160 Å². The third-order valence-corrected chi connectivity index (χ3v) is 4.51. The van der Waals surface area contributed by atoms with Crippen LogP contribution in [0.4, 0.5) is 17.1 Å². The van der Waals surface area contributed by atoms with E-state index in [1.54, 1.807) is 7.11 Å². The zero-order chi connectivity index (χ0) is 19.4. The number of pyridine rings is 1. The highest BCUT2D eigenvalue weighted by molar-refractivity contribution is 5.96. The van der Waals surface area contributed by atoms with E-state index in [0.29, 0.717) is 17.9 Å². The number of nitrogens with zero attached hydrogens (tertiary/aromatic N) is 2. The number of carbonyl (C=O) groups excluding carboxylic acids is 1. The Morgan fingerprint density at radius 1 is 1.19 bits per heavy atom. The van der Waals surface area contributed by atoms with Crippen LogP contribution >= 0.6 is 0 Å². The maximum absolute atomic E-state index is 12.1. The monoisotopic (exact) mass is 363 g/mol. The molecular weight excluding hydrogens is 338 g/mol. The number of ether oxygens (including phenoxy) is 1. The lowest BCUT2D eigenvalue weighted by molar-refractivity contribution is -0.116. The molecule has 1 amide bonds. The fourth-order valence-corrected chi connectivity index (χ4v) is 3.14. The van der Waals surface area contributed by atoms with Gasteiger partial charge in [0.05, 0.1) is 24.0 Å². The number of hydrogen-bond donors (Lipinski definition) is 1. The number of carbonyl (C=O) groups is 1. The molecule has 140 valence electrons. The highest BCUT2D eigenvalue weighted by Gasteiger charge is 2.14. The average molecular weight is 363 g/mol. The third kappa shape index (κ3) is 4.03. The van der Waals surface area contributed by atoms with Gasteiger partial charge >= 0.3 is 0 Å². The molecule has 0 fully saturated rings. The van der Waals surface area contributed by atoms with Crippen LogP contribution in [0.5, 0.6) is 5.75 Å². The Hall–Kier alpha value is -3.08. The minimum atomic E-state index is -0.0131. The molecule has 0 unspecified atom stereocenters. The van der Waals surface area contributed by atoms with E-state index in [0.717, 1.165) is 34.4 Å². The van der Waals surface area contributed by atoms with E-state index in [9.17, 15) is 4.79 Å². The second-order valence-corrected chi connectivity index (χ2v) is 6.54. The summed E-state index contributed by atoms with van der Waals surface area (Å²) >= 11 is 0. The molecule has 0 aliphatic carbocycles. The maximum atomic E-state index is 12.1. The first-order valence-corrected chi connectivity index (χ1v) is 9.11. The maximum Gasteiger partial charge on any atom is 0.224 e. The minimum absolute atomic E-state index is 0.0131. The van der Waals surface area contributed by atoms with Crippen LogP contribution in [0.25, 0.3) is 10.9 Å². The van der Waals surface area contributed by atoms with Crippen LogP contribution in [0.1, 0.15) is 25.5 Å². The smallest absolute Gasteiger partial charge is 0.224 e. The molecule has 5 heteroatoms. The average Bonchev–Trinajstić information content (AvgIpc) is 2.66. The van der Waals surface area contributed by atoms with Gasteiger partial charge in [-0.2, -0.15) is 0 Å². The van der Waals surface area contributed by atoms with Gasteiger partial charge in [-0.3, -0.25) is 9.78 Å². The van der Waals surface area contributed by atoms with Gasteiger partial charge in [-0.25, -0.2) is 0 Å². The van der Waals surface area contributed by atoms with Crippen molar-refractivity contribution in [1.82, 2.24) is 4.98 Å². The molecule has 0 saturated heterocycles. The number of rotatable bonds is 6. The number of aromatic nitrogens is 1. The van der Waals surface area contributed by atoms with Gasteiger partial charge in [-0.1, -0.05) is 25.1 Å². The predicted octanol–water partition coefficient (Wildman–Crippen LogP) is 5.06. The third-order valence-electron chi connectivity index (χ3n) is 4.51. The van der Waals surface area contributed by atoms with Crippen LogP contribution in [0, 0.1) is 6.92 Å². The van der Waals surface area contributed by atoms with E-state index in [1.807, 2.05) is 57.3 Å². The largest absolute Gasteiger partial charge is 0.495 e. The number of amides is 1. The molecule has 27 heavy (non-hydrogen) atoms. The van der Waals surface area contributed by atoms with Gasteiger partial charge in [0.1, 0.15) is 5.75 Å². The Morgan fingerprint density at radius 2 is 1.96 bits per heavy atom. The molecule has 0 radical (unpaired) electrons. The summed E-state index contributed by atoms with van der Waals surface area (Å²) in [7, 11) is 3.62. The van der Waals surface area contributed by atoms with E-state index in [4.69, 9.17) is 4.74 Å². The number of hydrogen-bond acceptors (Lipinski definition) is 4. The second-order valence-electron chi connectivity index (χ2n) is 6.54. The second kappa shape index (κ2) is 8.08. The number of nitrogens with one attached hydrogen (secondary N) is 1. The van der Waals surface area contributed by atoms with Gasteiger partial charge in [-0.15, -0.1) is 0 Å². The molecule has 3 rings (SSSR count). The number of aryl methyl sites for hydroxylation is 1. The summed E-state index contributed by atoms with van der Waals surface area (Å²) in [5.74, 6) is 0.633. The van der Waals surface area contributed by atoms with Crippen LogP contribution in [-0.2, 0) is 4.79 Å². The molecule has 2 aromatic carbocycles. The molecule has 1 heterocycles. The van der Waals surface area contributed by atoms with E-state index in [1.165, 1.54) is 0 Å². The fourth-order valence-electron chi connectivity index (χ4n) is 3.14. The fraction of sp³-hybridized carbons (Fsp3) is 0.273. The predicted molar refractivity (Wildman–Crippen MR) is 111 cm³/mol. The first kappa shape index (κ1) is 18.7. The quantitative estimate of drug-likeness (QED) is 0.665. The van der Waals surface area contributed by atoms with Gasteiger partial charge in [0.15, 0.2) is 0 Å². The number of para-hydroxylation sites is 1. The van der Waals surface area contributed by atoms with Gasteiger partial charge in [0.2, 0.25) is 5.91 Å².